The van der Waals surface area contributed by atoms with Crippen LogP contribution in [0.1, 0.15) is 18.4 Å². The number of amides is 2. The van der Waals surface area contributed by atoms with Gasteiger partial charge in [-0.2, -0.15) is 4.31 Å². The summed E-state index contributed by atoms with van der Waals surface area (Å²) in [6, 6.07) is 9.65. The number of hydrogen-bond donors (Lipinski definition) is 1. The van der Waals surface area contributed by atoms with Crippen LogP contribution in [0.15, 0.2) is 41.3 Å². The second-order valence-corrected chi connectivity index (χ2v) is 11.3. The molecule has 0 radical (unpaired) electrons. The molecule has 36 heavy (non-hydrogen) atoms. The summed E-state index contributed by atoms with van der Waals surface area (Å²) in [5, 5.41) is 2.69. The minimum absolute atomic E-state index is 0.0590. The minimum atomic E-state index is -3.87. The molecule has 0 saturated carbocycles. The van der Waals surface area contributed by atoms with E-state index in [4.69, 9.17) is 4.74 Å². The average molecular weight is 517 g/mol. The molecule has 1 atom stereocenters. The van der Waals surface area contributed by atoms with Crippen LogP contribution < -0.4 is 15.0 Å². The summed E-state index contributed by atoms with van der Waals surface area (Å²) < 4.78 is 48.0. The van der Waals surface area contributed by atoms with Crippen molar-refractivity contribution in [2.75, 3.05) is 56.1 Å². The van der Waals surface area contributed by atoms with Crippen molar-refractivity contribution in [3.05, 3.63) is 47.8 Å². The molecular weight excluding hydrogens is 487 g/mol. The van der Waals surface area contributed by atoms with E-state index in [1.165, 1.54) is 16.4 Å². The number of aryl methyl sites for hydroxylation is 1. The van der Waals surface area contributed by atoms with E-state index in [0.717, 1.165) is 0 Å². The first-order chi connectivity index (χ1) is 17.2. The highest BCUT2D eigenvalue weighted by atomic mass is 32.2. The molecule has 192 valence electrons. The monoisotopic (exact) mass is 516 g/mol. The van der Waals surface area contributed by atoms with E-state index in [-0.39, 0.29) is 35.7 Å². The predicted octanol–water partition coefficient (Wildman–Crippen LogP) is 2.21. The Kier molecular flexibility index (Phi) is 6.60. The number of sulfonamides is 1. The van der Waals surface area contributed by atoms with Gasteiger partial charge in [0.1, 0.15) is 11.6 Å². The molecule has 3 aliphatic rings. The molecule has 0 aromatic heterocycles. The molecule has 0 bridgehead atoms. The number of benzene rings is 2. The zero-order valence-electron chi connectivity index (χ0n) is 20.1. The van der Waals surface area contributed by atoms with Crippen LogP contribution in [0, 0.1) is 18.7 Å². The number of halogens is 1. The van der Waals surface area contributed by atoms with E-state index < -0.39 is 15.9 Å². The van der Waals surface area contributed by atoms with Gasteiger partial charge in [-0.1, -0.05) is 12.1 Å². The standard InChI is InChI=1S/C25H29FN4O5S/c1-17-13-20-22(35-16-24(31)27-20)14-23(17)36(33,34)30-8-4-5-18(15-30)25(32)29-11-9-28(10-12-29)21-7-3-2-6-19(21)26/h2-3,6-7,13-14,18H,4-5,8-12,15-16H2,1H3,(H,27,31)/t18-/m0/s1. The van der Waals surface area contributed by atoms with Gasteiger partial charge in [0.05, 0.1) is 22.2 Å². The van der Waals surface area contributed by atoms with E-state index in [9.17, 15) is 22.4 Å². The highest BCUT2D eigenvalue weighted by Crippen LogP contribution is 2.35. The first kappa shape index (κ1) is 24.5. The predicted molar refractivity (Wildman–Crippen MR) is 132 cm³/mol. The maximum Gasteiger partial charge on any atom is 0.262 e. The largest absolute Gasteiger partial charge is 0.482 e. The lowest BCUT2D eigenvalue weighted by Gasteiger charge is -2.39. The quantitative estimate of drug-likeness (QED) is 0.669. The Morgan fingerprint density at radius 2 is 1.86 bits per heavy atom. The minimum Gasteiger partial charge on any atom is -0.482 e. The second kappa shape index (κ2) is 9.70. The first-order valence-electron chi connectivity index (χ1n) is 12.1. The topological polar surface area (TPSA) is 99.3 Å². The lowest BCUT2D eigenvalue weighted by atomic mass is 9.97. The van der Waals surface area contributed by atoms with Crippen molar-refractivity contribution >= 4 is 33.2 Å². The van der Waals surface area contributed by atoms with Gasteiger partial charge in [-0.3, -0.25) is 9.59 Å². The first-order valence-corrected chi connectivity index (χ1v) is 13.5. The SMILES string of the molecule is Cc1cc2c(cc1S(=O)(=O)N1CCC[C@H](C(=O)N3CCN(c4ccccc4F)CC3)C1)OCC(=O)N2. The van der Waals surface area contributed by atoms with Crippen LogP contribution in [0.4, 0.5) is 15.8 Å². The van der Waals surface area contributed by atoms with E-state index in [1.54, 1.807) is 36.1 Å². The van der Waals surface area contributed by atoms with Crippen molar-refractivity contribution in [3.8, 4) is 5.75 Å². The Balaban J connectivity index is 1.27. The van der Waals surface area contributed by atoms with E-state index >= 15 is 0 Å². The number of anilines is 2. The molecule has 2 aromatic rings. The molecule has 3 heterocycles. The Labute approximate surface area is 209 Å². The zero-order chi connectivity index (χ0) is 25.4. The van der Waals surface area contributed by atoms with Gasteiger partial charge in [0.2, 0.25) is 15.9 Å². The highest BCUT2D eigenvalue weighted by Gasteiger charge is 2.37. The molecule has 0 spiro atoms. The van der Waals surface area contributed by atoms with Crippen molar-refractivity contribution in [1.82, 2.24) is 9.21 Å². The van der Waals surface area contributed by atoms with Gasteiger partial charge in [-0.15, -0.1) is 0 Å². The third-order valence-electron chi connectivity index (χ3n) is 7.05. The summed E-state index contributed by atoms with van der Waals surface area (Å²) in [6.45, 7) is 3.92. The highest BCUT2D eigenvalue weighted by molar-refractivity contribution is 7.89. The van der Waals surface area contributed by atoms with Crippen molar-refractivity contribution in [1.29, 1.82) is 0 Å². The maximum atomic E-state index is 14.1. The fraction of sp³-hybridized carbons (Fsp3) is 0.440. The number of nitrogens with one attached hydrogen (secondary N) is 1. The Morgan fingerprint density at radius 3 is 2.61 bits per heavy atom. The number of nitrogens with zero attached hydrogens (tertiary/aromatic N) is 3. The van der Waals surface area contributed by atoms with Crippen molar-refractivity contribution in [2.45, 2.75) is 24.7 Å². The summed E-state index contributed by atoms with van der Waals surface area (Å²) in [6.07, 6.45) is 1.21. The summed E-state index contributed by atoms with van der Waals surface area (Å²) in [7, 11) is -3.87. The zero-order valence-corrected chi connectivity index (χ0v) is 20.9. The van der Waals surface area contributed by atoms with Crippen LogP contribution in [0.5, 0.6) is 5.75 Å². The molecule has 2 aromatic carbocycles. The van der Waals surface area contributed by atoms with Gasteiger partial charge < -0.3 is 19.9 Å². The van der Waals surface area contributed by atoms with Crippen LogP contribution >= 0.6 is 0 Å². The molecule has 0 aliphatic carbocycles. The number of rotatable bonds is 4. The van der Waals surface area contributed by atoms with E-state index in [0.29, 0.717) is 68.3 Å². The smallest absolute Gasteiger partial charge is 0.262 e. The molecule has 2 saturated heterocycles. The van der Waals surface area contributed by atoms with E-state index in [2.05, 4.69) is 5.32 Å². The third-order valence-corrected chi connectivity index (χ3v) is 9.05. The number of carbonyl (C=O) groups is 2. The Morgan fingerprint density at radius 1 is 1.11 bits per heavy atom. The Hall–Kier alpha value is -3.18. The molecule has 11 heteroatoms. The fourth-order valence-electron chi connectivity index (χ4n) is 5.13. The molecule has 5 rings (SSSR count). The van der Waals surface area contributed by atoms with Gasteiger partial charge in [0.25, 0.3) is 5.91 Å². The normalized spacial score (nSPS) is 20.9. The van der Waals surface area contributed by atoms with Crippen LogP contribution in [0.3, 0.4) is 0 Å². The number of hydrogen-bond acceptors (Lipinski definition) is 6. The molecule has 1 N–H and O–H groups in total. The van der Waals surface area contributed by atoms with Gasteiger partial charge in [-0.05, 0) is 43.5 Å². The lowest BCUT2D eigenvalue weighted by molar-refractivity contribution is -0.137. The lowest BCUT2D eigenvalue weighted by Crippen LogP contribution is -2.53. The van der Waals surface area contributed by atoms with Crippen molar-refractivity contribution in [2.24, 2.45) is 5.92 Å². The summed E-state index contributed by atoms with van der Waals surface area (Å²) in [5.74, 6) is -0.741. The summed E-state index contributed by atoms with van der Waals surface area (Å²) in [4.78, 5) is 28.7. The summed E-state index contributed by atoms with van der Waals surface area (Å²) in [5.41, 5.74) is 1.48. The Bertz CT molecular complexity index is 1290. The fourth-order valence-corrected chi connectivity index (χ4v) is 6.88. The van der Waals surface area contributed by atoms with Crippen molar-refractivity contribution in [3.63, 3.8) is 0 Å². The van der Waals surface area contributed by atoms with Gasteiger partial charge in [0.15, 0.2) is 6.61 Å². The molecule has 2 amide bonds. The van der Waals surface area contributed by atoms with Crippen LogP contribution in [-0.2, 0) is 19.6 Å². The third kappa shape index (κ3) is 4.64. The van der Waals surface area contributed by atoms with Crippen LogP contribution in [0.25, 0.3) is 0 Å². The number of para-hydroxylation sites is 1. The molecule has 9 nitrogen and oxygen atoms in total. The number of piperidine rings is 1. The molecule has 3 aliphatic heterocycles. The van der Waals surface area contributed by atoms with Gasteiger partial charge in [0, 0.05) is 45.3 Å². The number of carbonyl (C=O) groups excluding carboxylic acids is 2. The average Bonchev–Trinajstić information content (AvgIpc) is 2.88. The van der Waals surface area contributed by atoms with Crippen LogP contribution in [-0.4, -0.2) is 75.3 Å². The van der Waals surface area contributed by atoms with E-state index in [1.807, 2.05) is 4.90 Å². The number of ether oxygens (including phenoxy) is 1. The van der Waals surface area contributed by atoms with Gasteiger partial charge in [-0.25, -0.2) is 12.8 Å². The maximum absolute atomic E-state index is 14.1. The van der Waals surface area contributed by atoms with Crippen LogP contribution in [0.2, 0.25) is 0 Å². The summed E-state index contributed by atoms with van der Waals surface area (Å²) >= 11 is 0. The number of piperazine rings is 1. The molecule has 0 unspecified atom stereocenters. The number of fused-ring (bicyclic) bond motifs is 1. The molecular formula is C25H29FN4O5S. The van der Waals surface area contributed by atoms with Crippen molar-refractivity contribution < 1.29 is 27.1 Å². The van der Waals surface area contributed by atoms with Gasteiger partial charge >= 0.3 is 0 Å². The second-order valence-electron chi connectivity index (χ2n) is 9.42. The molecule has 2 fully saturated rings.